The maximum atomic E-state index is 5.63. The van der Waals surface area contributed by atoms with Crippen molar-refractivity contribution < 1.29 is 4.74 Å². The van der Waals surface area contributed by atoms with Crippen LogP contribution in [0.5, 0.6) is 0 Å². The van der Waals surface area contributed by atoms with Gasteiger partial charge in [0.25, 0.3) is 0 Å². The molecule has 0 radical (unpaired) electrons. The van der Waals surface area contributed by atoms with Gasteiger partial charge in [-0.05, 0) is 30.9 Å². The van der Waals surface area contributed by atoms with Gasteiger partial charge in [0.2, 0.25) is 0 Å². The first-order valence-electron chi connectivity index (χ1n) is 5.73. The maximum absolute atomic E-state index is 5.63. The average molecular weight is 203 g/mol. The lowest BCUT2D eigenvalue weighted by atomic mass is 9.91. The van der Waals surface area contributed by atoms with E-state index in [0.29, 0.717) is 0 Å². The number of rotatable bonds is 0. The number of fused-ring (bicyclic) bond motifs is 2. The number of nitrogens with one attached hydrogen (secondary N) is 1. The van der Waals surface area contributed by atoms with Crippen molar-refractivity contribution in [3.8, 4) is 0 Å². The minimum atomic E-state index is 0.126. The highest BCUT2D eigenvalue weighted by molar-refractivity contribution is 5.41. The molecule has 1 heterocycles. The van der Waals surface area contributed by atoms with Crippen LogP contribution < -0.4 is 5.32 Å². The van der Waals surface area contributed by atoms with Gasteiger partial charge >= 0.3 is 0 Å². The second-order valence-electron chi connectivity index (χ2n) is 4.72. The first-order valence-corrected chi connectivity index (χ1v) is 5.73. The largest absolute Gasteiger partial charge is 0.378 e. The Labute approximate surface area is 90.6 Å². The van der Waals surface area contributed by atoms with Gasteiger partial charge in [0.05, 0.1) is 18.8 Å². The third kappa shape index (κ3) is 1.40. The Bertz CT molecular complexity index is 380. The molecule has 1 aliphatic carbocycles. The summed E-state index contributed by atoms with van der Waals surface area (Å²) in [4.78, 5) is 0. The fraction of sp³-hybridized carbons (Fsp3) is 0.538. The van der Waals surface area contributed by atoms with Crippen molar-refractivity contribution in [2.75, 3.05) is 19.8 Å². The second-order valence-corrected chi connectivity index (χ2v) is 4.72. The number of benzene rings is 1. The fourth-order valence-corrected chi connectivity index (χ4v) is 2.87. The van der Waals surface area contributed by atoms with E-state index in [-0.39, 0.29) is 5.54 Å². The number of morpholine rings is 1. The molecule has 1 N–H and O–H groups in total. The molecule has 15 heavy (non-hydrogen) atoms. The monoisotopic (exact) mass is 203 g/mol. The Balaban J connectivity index is 2.03. The van der Waals surface area contributed by atoms with Gasteiger partial charge < -0.3 is 10.1 Å². The minimum absolute atomic E-state index is 0.126. The Morgan fingerprint density at radius 2 is 2.33 bits per heavy atom. The molecule has 1 saturated heterocycles. The number of hydrogen-bond acceptors (Lipinski definition) is 2. The topological polar surface area (TPSA) is 21.3 Å². The van der Waals surface area contributed by atoms with Crippen molar-refractivity contribution in [2.24, 2.45) is 0 Å². The van der Waals surface area contributed by atoms with E-state index >= 15 is 0 Å². The van der Waals surface area contributed by atoms with Crippen LogP contribution in [0.4, 0.5) is 0 Å². The molecule has 1 aromatic rings. The van der Waals surface area contributed by atoms with Crippen molar-refractivity contribution in [3.63, 3.8) is 0 Å². The summed E-state index contributed by atoms with van der Waals surface area (Å²) in [6, 6.07) is 6.81. The average Bonchev–Trinajstić information content (AvgIpc) is 2.58. The molecule has 2 aliphatic rings. The highest BCUT2D eigenvalue weighted by Crippen LogP contribution is 2.38. The highest BCUT2D eigenvalue weighted by atomic mass is 16.5. The number of ether oxygens (including phenoxy) is 1. The van der Waals surface area contributed by atoms with Crippen LogP contribution >= 0.6 is 0 Å². The SMILES string of the molecule is Cc1ccc2c(c1)CC[C@@]21COCCN1. The molecule has 1 atom stereocenters. The summed E-state index contributed by atoms with van der Waals surface area (Å²) >= 11 is 0. The van der Waals surface area contributed by atoms with Crippen molar-refractivity contribution >= 4 is 0 Å². The van der Waals surface area contributed by atoms with Gasteiger partial charge in [0.15, 0.2) is 0 Å². The molecule has 80 valence electrons. The number of aryl methyl sites for hydroxylation is 2. The molecule has 0 saturated carbocycles. The van der Waals surface area contributed by atoms with Crippen LogP contribution in [0.3, 0.4) is 0 Å². The van der Waals surface area contributed by atoms with E-state index in [4.69, 9.17) is 4.74 Å². The normalized spacial score (nSPS) is 29.4. The van der Waals surface area contributed by atoms with E-state index in [1.165, 1.54) is 29.5 Å². The summed E-state index contributed by atoms with van der Waals surface area (Å²) in [7, 11) is 0. The zero-order chi connectivity index (χ0) is 10.3. The molecular formula is C13H17NO. The van der Waals surface area contributed by atoms with Crippen molar-refractivity contribution in [1.29, 1.82) is 0 Å². The first kappa shape index (κ1) is 9.37. The molecule has 1 aliphatic heterocycles. The predicted octanol–water partition coefficient (Wildman–Crippen LogP) is 1.76. The van der Waals surface area contributed by atoms with Crippen LogP contribution in [0.25, 0.3) is 0 Å². The van der Waals surface area contributed by atoms with Crippen molar-refractivity contribution in [2.45, 2.75) is 25.3 Å². The Morgan fingerprint density at radius 1 is 1.40 bits per heavy atom. The zero-order valence-electron chi connectivity index (χ0n) is 9.18. The minimum Gasteiger partial charge on any atom is -0.378 e. The Kier molecular flexibility index (Phi) is 2.08. The van der Waals surface area contributed by atoms with Crippen LogP contribution in [-0.2, 0) is 16.7 Å². The third-order valence-electron chi connectivity index (χ3n) is 3.66. The molecular weight excluding hydrogens is 186 g/mol. The van der Waals surface area contributed by atoms with Gasteiger partial charge in [-0.2, -0.15) is 0 Å². The summed E-state index contributed by atoms with van der Waals surface area (Å²) in [6.45, 7) is 4.83. The fourth-order valence-electron chi connectivity index (χ4n) is 2.87. The van der Waals surface area contributed by atoms with Crippen LogP contribution in [0, 0.1) is 6.92 Å². The summed E-state index contributed by atoms with van der Waals surface area (Å²) < 4.78 is 5.63. The Morgan fingerprint density at radius 3 is 3.13 bits per heavy atom. The molecule has 0 aromatic heterocycles. The van der Waals surface area contributed by atoms with Crippen LogP contribution in [-0.4, -0.2) is 19.8 Å². The van der Waals surface area contributed by atoms with Gasteiger partial charge in [-0.3, -0.25) is 0 Å². The molecule has 3 rings (SSSR count). The van der Waals surface area contributed by atoms with Crippen molar-refractivity contribution in [3.05, 3.63) is 34.9 Å². The molecule has 0 amide bonds. The number of hydrogen-bond donors (Lipinski definition) is 1. The molecule has 2 heteroatoms. The summed E-state index contributed by atoms with van der Waals surface area (Å²) in [6.07, 6.45) is 2.37. The zero-order valence-corrected chi connectivity index (χ0v) is 9.18. The first-order chi connectivity index (χ1) is 7.30. The van der Waals surface area contributed by atoms with E-state index in [9.17, 15) is 0 Å². The summed E-state index contributed by atoms with van der Waals surface area (Å²) in [5.74, 6) is 0. The standard InChI is InChI=1S/C13H17NO/c1-10-2-3-12-11(8-10)4-5-13(12)9-15-7-6-14-13/h2-3,8,14H,4-7,9H2,1H3/t13-/m1/s1. The van der Waals surface area contributed by atoms with Crippen LogP contribution in [0.1, 0.15) is 23.1 Å². The van der Waals surface area contributed by atoms with Gasteiger partial charge in [0.1, 0.15) is 0 Å². The van der Waals surface area contributed by atoms with E-state index in [1.54, 1.807) is 0 Å². The van der Waals surface area contributed by atoms with Gasteiger partial charge in [-0.15, -0.1) is 0 Å². The summed E-state index contributed by atoms with van der Waals surface area (Å²) in [5, 5.41) is 3.65. The van der Waals surface area contributed by atoms with Gasteiger partial charge in [-0.1, -0.05) is 23.8 Å². The lowest BCUT2D eigenvalue weighted by Gasteiger charge is -2.35. The highest BCUT2D eigenvalue weighted by Gasteiger charge is 2.39. The Hall–Kier alpha value is -0.860. The van der Waals surface area contributed by atoms with Crippen LogP contribution in [0.2, 0.25) is 0 Å². The van der Waals surface area contributed by atoms with E-state index in [2.05, 4.69) is 30.4 Å². The van der Waals surface area contributed by atoms with Gasteiger partial charge in [-0.25, -0.2) is 0 Å². The predicted molar refractivity (Wildman–Crippen MR) is 60.0 cm³/mol. The third-order valence-corrected chi connectivity index (χ3v) is 3.66. The molecule has 1 spiro atoms. The smallest absolute Gasteiger partial charge is 0.0691 e. The molecule has 1 aromatic carbocycles. The quantitative estimate of drug-likeness (QED) is 0.693. The lowest BCUT2D eigenvalue weighted by Crippen LogP contribution is -2.50. The molecule has 0 unspecified atom stereocenters. The lowest BCUT2D eigenvalue weighted by molar-refractivity contribution is 0.0260. The van der Waals surface area contributed by atoms with Gasteiger partial charge in [0, 0.05) is 6.54 Å². The van der Waals surface area contributed by atoms with Crippen LogP contribution in [0.15, 0.2) is 18.2 Å². The van der Waals surface area contributed by atoms with E-state index in [0.717, 1.165) is 19.8 Å². The molecule has 0 bridgehead atoms. The molecule has 1 fully saturated rings. The van der Waals surface area contributed by atoms with Crippen molar-refractivity contribution in [1.82, 2.24) is 5.32 Å². The second kappa shape index (κ2) is 3.32. The van der Waals surface area contributed by atoms with E-state index < -0.39 is 0 Å². The summed E-state index contributed by atoms with van der Waals surface area (Å²) in [5.41, 5.74) is 4.46. The van der Waals surface area contributed by atoms with E-state index in [1.807, 2.05) is 0 Å². The maximum Gasteiger partial charge on any atom is 0.0691 e. The molecule has 2 nitrogen and oxygen atoms in total.